The first-order chi connectivity index (χ1) is 26.4. The van der Waals surface area contributed by atoms with E-state index in [9.17, 15) is 18.4 Å². The predicted octanol–water partition coefficient (Wildman–Crippen LogP) is 13.6. The second-order valence-corrected chi connectivity index (χ2v) is 14.9. The number of hydrogen-bond acceptors (Lipinski definition) is 1. The summed E-state index contributed by atoms with van der Waals surface area (Å²) in [6, 6.07) is 44.3. The molecule has 0 aliphatic rings. The molecule has 55 heavy (non-hydrogen) atoms. The van der Waals surface area contributed by atoms with Crippen LogP contribution in [0.5, 0.6) is 0 Å². The minimum atomic E-state index is -4.44. The lowest BCUT2D eigenvalue weighted by atomic mass is 9.92. The number of aromatic nitrogens is 2. The van der Waals surface area contributed by atoms with E-state index in [0.717, 1.165) is 100.0 Å². The normalized spacial score (nSPS) is 12.0. The van der Waals surface area contributed by atoms with Crippen LogP contribution in [-0.2, 0) is 6.18 Å². The van der Waals surface area contributed by atoms with Crippen molar-refractivity contribution in [3.05, 3.63) is 166 Å². The molecule has 3 nitrogen and oxygen atoms in total. The monoisotopic (exact) mass is 723 g/mol. The van der Waals surface area contributed by atoms with Crippen molar-refractivity contribution < 1.29 is 13.2 Å². The van der Waals surface area contributed by atoms with Gasteiger partial charge in [-0.1, -0.05) is 64.7 Å². The highest BCUT2D eigenvalue weighted by Crippen LogP contribution is 2.44. The Morgan fingerprint density at radius 3 is 1.38 bits per heavy atom. The van der Waals surface area contributed by atoms with Crippen molar-refractivity contribution in [2.45, 2.75) is 40.8 Å². The molecule has 0 bridgehead atoms. The summed E-state index contributed by atoms with van der Waals surface area (Å²) in [7, 11) is 0. The zero-order valence-electron chi connectivity index (χ0n) is 31.1. The van der Waals surface area contributed by atoms with Gasteiger partial charge < -0.3 is 9.13 Å². The first-order valence-corrected chi connectivity index (χ1v) is 18.3. The number of nitrogens with zero attached hydrogens (tertiary/aromatic N) is 3. The van der Waals surface area contributed by atoms with Gasteiger partial charge in [-0.3, -0.25) is 0 Å². The third-order valence-electron chi connectivity index (χ3n) is 10.9. The summed E-state index contributed by atoms with van der Waals surface area (Å²) in [5, 5.41) is 14.8. The number of benzene rings is 7. The van der Waals surface area contributed by atoms with E-state index in [1.54, 1.807) is 13.0 Å². The van der Waals surface area contributed by atoms with Gasteiger partial charge in [-0.05, 0) is 136 Å². The molecule has 0 amide bonds. The van der Waals surface area contributed by atoms with E-state index in [4.69, 9.17) is 0 Å². The summed E-state index contributed by atoms with van der Waals surface area (Å²) in [4.78, 5) is 0. The standard InChI is InChI=1S/C49H36F3N3/c1-28-6-15-43-38(20-28)39-21-29(2)7-16-44(39)54(43)47-19-11-34(36-14-12-35(24-32(36)5)49(50,51)52)26-42(47)37-13-10-33(27-53)25-48(37)55-45-17-8-30(3)22-40(45)41-23-31(4)9-18-46(41)55/h6-26H,1-5H3. The van der Waals surface area contributed by atoms with Crippen molar-refractivity contribution >= 4 is 43.6 Å². The van der Waals surface area contributed by atoms with Crippen molar-refractivity contribution in [1.82, 2.24) is 9.13 Å². The number of hydrogen-bond donors (Lipinski definition) is 0. The number of aryl methyl sites for hydroxylation is 5. The first-order valence-electron chi connectivity index (χ1n) is 18.3. The minimum Gasteiger partial charge on any atom is -0.309 e. The molecule has 9 aromatic rings. The molecule has 268 valence electrons. The maximum absolute atomic E-state index is 13.8. The molecule has 2 aromatic heterocycles. The van der Waals surface area contributed by atoms with Crippen LogP contribution in [-0.4, -0.2) is 9.13 Å². The quantitative estimate of drug-likeness (QED) is 0.178. The van der Waals surface area contributed by atoms with Crippen LogP contribution in [0.25, 0.3) is 77.2 Å². The summed E-state index contributed by atoms with van der Waals surface area (Å²) < 4.78 is 45.9. The highest BCUT2D eigenvalue weighted by Gasteiger charge is 2.31. The van der Waals surface area contributed by atoms with Gasteiger partial charge in [-0.25, -0.2) is 0 Å². The molecule has 0 saturated heterocycles. The van der Waals surface area contributed by atoms with E-state index >= 15 is 0 Å². The largest absolute Gasteiger partial charge is 0.416 e. The van der Waals surface area contributed by atoms with Crippen LogP contribution in [0.4, 0.5) is 13.2 Å². The highest BCUT2D eigenvalue weighted by atomic mass is 19.4. The molecular formula is C49H36F3N3. The minimum absolute atomic E-state index is 0.520. The van der Waals surface area contributed by atoms with E-state index in [-0.39, 0.29) is 0 Å². The van der Waals surface area contributed by atoms with Gasteiger partial charge in [-0.2, -0.15) is 18.4 Å². The summed E-state index contributed by atoms with van der Waals surface area (Å²) in [6.07, 6.45) is -4.44. The molecular weight excluding hydrogens is 688 g/mol. The maximum Gasteiger partial charge on any atom is 0.416 e. The van der Waals surface area contributed by atoms with Gasteiger partial charge in [-0.15, -0.1) is 0 Å². The van der Waals surface area contributed by atoms with Crippen LogP contribution >= 0.6 is 0 Å². The highest BCUT2D eigenvalue weighted by molar-refractivity contribution is 6.12. The van der Waals surface area contributed by atoms with E-state index in [2.05, 4.69) is 128 Å². The lowest BCUT2D eigenvalue weighted by Gasteiger charge is -2.20. The molecule has 0 fully saturated rings. The van der Waals surface area contributed by atoms with Gasteiger partial charge >= 0.3 is 6.18 Å². The van der Waals surface area contributed by atoms with Crippen LogP contribution in [0.3, 0.4) is 0 Å². The SMILES string of the molecule is Cc1ccc2c(c1)c1cc(C)ccc1n2-c1ccc(-c2ccc(C(F)(F)F)cc2C)cc1-c1ccc(C#N)cc1-n1c2ccc(C)cc2c2cc(C)ccc21. The van der Waals surface area contributed by atoms with E-state index in [1.165, 1.54) is 6.07 Å². The predicted molar refractivity (Wildman–Crippen MR) is 219 cm³/mol. The molecule has 0 aliphatic carbocycles. The zero-order valence-corrected chi connectivity index (χ0v) is 31.1. The molecule has 2 heterocycles. The Bertz CT molecular complexity index is 2980. The van der Waals surface area contributed by atoms with Crippen LogP contribution in [0, 0.1) is 45.9 Å². The Hall–Kier alpha value is -6.58. The third kappa shape index (κ3) is 5.58. The number of halogens is 3. The average molecular weight is 724 g/mol. The van der Waals surface area contributed by atoms with Crippen molar-refractivity contribution in [2.75, 3.05) is 0 Å². The Kier molecular flexibility index (Phi) is 7.77. The Morgan fingerprint density at radius 2 is 0.927 bits per heavy atom. The molecule has 7 aromatic carbocycles. The van der Waals surface area contributed by atoms with Gasteiger partial charge in [0.2, 0.25) is 0 Å². The zero-order chi connectivity index (χ0) is 38.3. The topological polar surface area (TPSA) is 33.6 Å². The number of nitriles is 1. The van der Waals surface area contributed by atoms with Crippen molar-refractivity contribution in [1.29, 1.82) is 5.26 Å². The number of rotatable bonds is 4. The smallest absolute Gasteiger partial charge is 0.309 e. The summed E-state index contributed by atoms with van der Waals surface area (Å²) in [6.45, 7) is 10.1. The van der Waals surface area contributed by atoms with Gasteiger partial charge in [0.05, 0.1) is 50.6 Å². The van der Waals surface area contributed by atoms with Crippen molar-refractivity contribution in [3.8, 4) is 39.7 Å². The van der Waals surface area contributed by atoms with Crippen LogP contribution in [0.2, 0.25) is 0 Å². The van der Waals surface area contributed by atoms with Crippen LogP contribution in [0.1, 0.15) is 38.9 Å². The molecule has 0 N–H and O–H groups in total. The fourth-order valence-corrected chi connectivity index (χ4v) is 8.31. The Morgan fingerprint density at radius 1 is 0.455 bits per heavy atom. The molecule has 9 rings (SSSR count). The van der Waals surface area contributed by atoms with E-state index < -0.39 is 11.7 Å². The molecule has 0 saturated carbocycles. The second kappa shape index (κ2) is 12.5. The van der Waals surface area contributed by atoms with Gasteiger partial charge in [0.25, 0.3) is 0 Å². The van der Waals surface area contributed by atoms with Gasteiger partial charge in [0.1, 0.15) is 0 Å². The fourth-order valence-electron chi connectivity index (χ4n) is 8.31. The Balaban J connectivity index is 1.41. The van der Waals surface area contributed by atoms with Crippen LogP contribution in [0.15, 0.2) is 127 Å². The first kappa shape index (κ1) is 34.2. The molecule has 0 unspecified atom stereocenters. The fraction of sp³-hybridized carbons (Fsp3) is 0.122. The van der Waals surface area contributed by atoms with Crippen molar-refractivity contribution in [2.24, 2.45) is 0 Å². The second-order valence-electron chi connectivity index (χ2n) is 14.9. The lowest BCUT2D eigenvalue weighted by Crippen LogP contribution is -2.05. The molecule has 0 aliphatic heterocycles. The molecule has 0 radical (unpaired) electrons. The van der Waals surface area contributed by atoms with E-state index in [1.807, 2.05) is 24.3 Å². The Labute approximate surface area is 317 Å². The molecule has 0 spiro atoms. The third-order valence-corrected chi connectivity index (χ3v) is 10.9. The lowest BCUT2D eigenvalue weighted by molar-refractivity contribution is -0.137. The molecule has 0 atom stereocenters. The van der Waals surface area contributed by atoms with Crippen molar-refractivity contribution in [3.63, 3.8) is 0 Å². The van der Waals surface area contributed by atoms with Gasteiger partial charge in [0.15, 0.2) is 0 Å². The average Bonchev–Trinajstić information content (AvgIpc) is 3.64. The summed E-state index contributed by atoms with van der Waals surface area (Å²) in [5.41, 5.74) is 14.1. The summed E-state index contributed by atoms with van der Waals surface area (Å²) in [5.74, 6) is 0. The number of fused-ring (bicyclic) bond motifs is 6. The maximum atomic E-state index is 13.8. The van der Waals surface area contributed by atoms with Crippen LogP contribution < -0.4 is 0 Å². The summed E-state index contributed by atoms with van der Waals surface area (Å²) >= 11 is 0. The van der Waals surface area contributed by atoms with E-state index in [0.29, 0.717) is 16.7 Å². The molecule has 6 heteroatoms. The number of alkyl halides is 3. The van der Waals surface area contributed by atoms with Gasteiger partial charge in [0, 0.05) is 32.7 Å².